The van der Waals surface area contributed by atoms with Crippen LogP contribution in [0.4, 0.5) is 5.69 Å². The molecule has 1 N–H and O–H groups in total. The number of anilines is 1. The molecule has 0 aliphatic carbocycles. The van der Waals surface area contributed by atoms with Crippen LogP contribution in [0.2, 0.25) is 0 Å². The summed E-state index contributed by atoms with van der Waals surface area (Å²) in [6.45, 7) is 0.0186. The van der Waals surface area contributed by atoms with Gasteiger partial charge in [-0.2, -0.15) is 0 Å². The molecule has 3 heterocycles. The lowest BCUT2D eigenvalue weighted by atomic mass is 9.87. The van der Waals surface area contributed by atoms with E-state index in [2.05, 4.69) is 5.32 Å². The van der Waals surface area contributed by atoms with Crippen LogP contribution in [-0.4, -0.2) is 47.2 Å². The highest BCUT2D eigenvalue weighted by molar-refractivity contribution is 5.98. The van der Waals surface area contributed by atoms with E-state index < -0.39 is 23.6 Å². The van der Waals surface area contributed by atoms with Gasteiger partial charge in [-0.3, -0.25) is 4.79 Å². The van der Waals surface area contributed by atoms with Crippen molar-refractivity contribution in [3.8, 4) is 40.2 Å². The molecule has 0 unspecified atom stereocenters. The number of rotatable bonds is 7. The van der Waals surface area contributed by atoms with E-state index in [4.69, 9.17) is 37.6 Å². The van der Waals surface area contributed by atoms with Gasteiger partial charge in [-0.05, 0) is 29.8 Å². The minimum atomic E-state index is -1.16. The van der Waals surface area contributed by atoms with E-state index in [1.165, 1.54) is 28.4 Å². The van der Waals surface area contributed by atoms with Gasteiger partial charge >= 0.3 is 5.63 Å². The first-order valence-corrected chi connectivity index (χ1v) is 12.3. The zero-order valence-electron chi connectivity index (χ0n) is 22.1. The van der Waals surface area contributed by atoms with Crippen LogP contribution < -0.4 is 44.1 Å². The Morgan fingerprint density at radius 3 is 2.30 bits per heavy atom. The second-order valence-electron chi connectivity index (χ2n) is 9.00. The molecular weight excluding hydrogens is 522 g/mol. The van der Waals surface area contributed by atoms with Gasteiger partial charge in [0.1, 0.15) is 11.3 Å². The Morgan fingerprint density at radius 2 is 1.60 bits per heavy atom. The maximum atomic E-state index is 13.9. The van der Waals surface area contributed by atoms with E-state index in [1.54, 1.807) is 48.5 Å². The summed E-state index contributed by atoms with van der Waals surface area (Å²) in [4.78, 5) is 27.2. The Balaban J connectivity index is 1.48. The molecule has 0 fully saturated rings. The largest absolute Gasteiger partial charge is 0.493 e. The summed E-state index contributed by atoms with van der Waals surface area (Å²) in [7, 11) is 5.94. The molecule has 0 bridgehead atoms. The predicted octanol–water partition coefficient (Wildman–Crippen LogP) is 4.09. The van der Waals surface area contributed by atoms with E-state index >= 15 is 0 Å². The summed E-state index contributed by atoms with van der Waals surface area (Å²) in [6.07, 6.45) is -1.16. The maximum absolute atomic E-state index is 13.9. The fraction of sp³-hybridized carbons (Fsp3) is 0.241. The number of ether oxygens (including phenoxy) is 7. The number of amides is 1. The van der Waals surface area contributed by atoms with E-state index in [0.717, 1.165) is 0 Å². The second kappa shape index (κ2) is 9.92. The summed E-state index contributed by atoms with van der Waals surface area (Å²) in [5.41, 5.74) is 0.868. The normalized spacial score (nSPS) is 16.7. The third-order valence-corrected chi connectivity index (χ3v) is 6.89. The van der Waals surface area contributed by atoms with Crippen LogP contribution in [-0.2, 0) is 4.79 Å². The first kappa shape index (κ1) is 25.2. The first-order valence-electron chi connectivity index (χ1n) is 12.3. The van der Waals surface area contributed by atoms with E-state index in [0.29, 0.717) is 56.7 Å². The molecule has 0 radical (unpaired) electrons. The summed E-state index contributed by atoms with van der Waals surface area (Å²) in [6, 6.07) is 13.6. The van der Waals surface area contributed by atoms with Crippen molar-refractivity contribution in [2.45, 2.75) is 12.0 Å². The van der Waals surface area contributed by atoms with Crippen molar-refractivity contribution in [1.29, 1.82) is 0 Å². The highest BCUT2D eigenvalue weighted by Crippen LogP contribution is 2.49. The molecule has 206 valence electrons. The van der Waals surface area contributed by atoms with Crippen LogP contribution in [0.1, 0.15) is 17.0 Å². The maximum Gasteiger partial charge on any atom is 0.344 e. The van der Waals surface area contributed by atoms with Gasteiger partial charge < -0.3 is 42.9 Å². The van der Waals surface area contributed by atoms with E-state index in [9.17, 15) is 9.59 Å². The Labute approximate surface area is 228 Å². The fourth-order valence-corrected chi connectivity index (χ4v) is 5.12. The molecular formula is C29H25NO10. The summed E-state index contributed by atoms with van der Waals surface area (Å²) in [5.74, 6) is 1.25. The van der Waals surface area contributed by atoms with Crippen LogP contribution in [0.25, 0.3) is 11.0 Å². The molecule has 2 aliphatic heterocycles. The molecule has 2 atom stereocenters. The van der Waals surface area contributed by atoms with Crippen LogP contribution in [0.5, 0.6) is 40.2 Å². The van der Waals surface area contributed by atoms with Crippen LogP contribution in [0.15, 0.2) is 57.7 Å². The predicted molar refractivity (Wildman–Crippen MR) is 143 cm³/mol. The quantitative estimate of drug-likeness (QED) is 0.338. The molecule has 1 aromatic heterocycles. The Morgan fingerprint density at radius 1 is 0.875 bits per heavy atom. The number of fused-ring (bicyclic) bond motifs is 4. The lowest BCUT2D eigenvalue weighted by Gasteiger charge is -2.20. The molecule has 40 heavy (non-hydrogen) atoms. The van der Waals surface area contributed by atoms with E-state index in [-0.39, 0.29) is 18.1 Å². The number of nitrogens with one attached hydrogen (secondary N) is 1. The monoisotopic (exact) mass is 547 g/mol. The van der Waals surface area contributed by atoms with E-state index in [1.807, 2.05) is 0 Å². The average Bonchev–Trinajstić information content (AvgIpc) is 3.62. The smallest absolute Gasteiger partial charge is 0.344 e. The van der Waals surface area contributed by atoms with Gasteiger partial charge in [0.15, 0.2) is 29.1 Å². The topological polar surface area (TPSA) is 124 Å². The zero-order chi connectivity index (χ0) is 28.0. The van der Waals surface area contributed by atoms with Crippen molar-refractivity contribution in [2.75, 3.05) is 40.5 Å². The molecule has 3 aromatic carbocycles. The molecule has 1 amide bonds. The minimum Gasteiger partial charge on any atom is -0.493 e. The van der Waals surface area contributed by atoms with Gasteiger partial charge in [0.2, 0.25) is 18.3 Å². The summed E-state index contributed by atoms with van der Waals surface area (Å²) >= 11 is 0. The summed E-state index contributed by atoms with van der Waals surface area (Å²) in [5, 5.41) is 3.44. The third-order valence-electron chi connectivity index (χ3n) is 6.89. The SMILES string of the molecule is COc1cc(NC(=O)[C@H]2Oc3c(c(=O)oc4ccccc34)[C@H]2c2cc(OC)c3c(c2)OCO3)cc(OC)c1OC. The van der Waals surface area contributed by atoms with Gasteiger partial charge in [0.05, 0.1) is 45.3 Å². The molecule has 2 aliphatic rings. The van der Waals surface area contributed by atoms with Crippen molar-refractivity contribution in [3.63, 3.8) is 0 Å². The highest BCUT2D eigenvalue weighted by Gasteiger charge is 2.45. The number of methoxy groups -OCH3 is 4. The first-order chi connectivity index (χ1) is 19.5. The lowest BCUT2D eigenvalue weighted by molar-refractivity contribution is -0.122. The van der Waals surface area contributed by atoms with Gasteiger partial charge in [-0.15, -0.1) is 0 Å². The second-order valence-corrected chi connectivity index (χ2v) is 9.00. The Kier molecular flexibility index (Phi) is 6.25. The van der Waals surface area contributed by atoms with Crippen LogP contribution in [0.3, 0.4) is 0 Å². The highest BCUT2D eigenvalue weighted by atomic mass is 16.7. The molecule has 4 aromatic rings. The van der Waals surface area contributed by atoms with Gasteiger partial charge in [-0.1, -0.05) is 12.1 Å². The van der Waals surface area contributed by atoms with Crippen LogP contribution in [0, 0.1) is 0 Å². The van der Waals surface area contributed by atoms with Crippen molar-refractivity contribution in [2.24, 2.45) is 0 Å². The number of hydrogen-bond acceptors (Lipinski definition) is 10. The number of carbonyl (C=O) groups excluding carboxylic acids is 1. The Bertz CT molecular complexity index is 1670. The average molecular weight is 548 g/mol. The zero-order valence-corrected chi connectivity index (χ0v) is 22.1. The Hall–Kier alpha value is -5.06. The van der Waals surface area contributed by atoms with Gasteiger partial charge in [-0.25, -0.2) is 4.79 Å². The van der Waals surface area contributed by atoms with Crippen molar-refractivity contribution in [1.82, 2.24) is 0 Å². The molecule has 0 spiro atoms. The minimum absolute atomic E-state index is 0.0186. The standard InChI is InChI=1S/C29H25NO10/c1-33-18-9-14(10-21-26(18)38-13-37-21)22-23-24(16-7-5-6-8-17(16)39-29(23)32)40-27(22)28(31)30-15-11-19(34-2)25(36-4)20(12-15)35-3/h5-12,22,27H,13H2,1-4H3,(H,30,31)/t22-,27+/m1/s1. The molecule has 0 saturated carbocycles. The van der Waals surface area contributed by atoms with Crippen LogP contribution >= 0.6 is 0 Å². The molecule has 11 nitrogen and oxygen atoms in total. The van der Waals surface area contributed by atoms with Crippen molar-refractivity contribution < 1.29 is 42.4 Å². The van der Waals surface area contributed by atoms with Crippen molar-refractivity contribution in [3.05, 3.63) is 70.1 Å². The number of benzene rings is 3. The number of para-hydroxylation sites is 1. The van der Waals surface area contributed by atoms with Gasteiger partial charge in [0, 0.05) is 17.8 Å². The number of hydrogen-bond donors (Lipinski definition) is 1. The molecule has 11 heteroatoms. The fourth-order valence-electron chi connectivity index (χ4n) is 5.12. The summed E-state index contributed by atoms with van der Waals surface area (Å²) < 4.78 is 44.8. The lowest BCUT2D eigenvalue weighted by Crippen LogP contribution is -2.35. The van der Waals surface area contributed by atoms with Crippen molar-refractivity contribution >= 4 is 22.6 Å². The third kappa shape index (κ3) is 3.98. The van der Waals surface area contributed by atoms with Gasteiger partial charge in [0.25, 0.3) is 5.91 Å². The molecule has 0 saturated heterocycles. The number of carbonyl (C=O) groups is 1. The molecule has 6 rings (SSSR count).